The van der Waals surface area contributed by atoms with Gasteiger partial charge in [0.1, 0.15) is 0 Å². The first-order valence-corrected chi connectivity index (χ1v) is 9.25. The van der Waals surface area contributed by atoms with Crippen LogP contribution in [0.25, 0.3) is 0 Å². The standard InChI is InChI=1S/C19H28N2O4/c1-22-8-6-20-7-9-23-19-13-21(5-4-16(19)12-20)11-15-2-3-17-18(10-15)25-14-24-17/h2-3,10,16,19H,4-9,11-14H2,1H3/t16-,19-/m0/s1. The summed E-state index contributed by atoms with van der Waals surface area (Å²) in [6, 6.07) is 6.26. The molecule has 4 rings (SSSR count). The van der Waals surface area contributed by atoms with Crippen molar-refractivity contribution in [3.8, 4) is 11.5 Å². The zero-order valence-electron chi connectivity index (χ0n) is 15.0. The lowest BCUT2D eigenvalue weighted by molar-refractivity contribution is -0.0242. The van der Waals surface area contributed by atoms with E-state index < -0.39 is 0 Å². The molecule has 138 valence electrons. The second-order valence-corrected chi connectivity index (χ2v) is 7.17. The third-order valence-corrected chi connectivity index (χ3v) is 5.47. The monoisotopic (exact) mass is 348 g/mol. The Hall–Kier alpha value is -1.34. The minimum Gasteiger partial charge on any atom is -0.454 e. The zero-order valence-corrected chi connectivity index (χ0v) is 15.0. The molecular formula is C19H28N2O4. The highest BCUT2D eigenvalue weighted by Crippen LogP contribution is 2.33. The van der Waals surface area contributed by atoms with E-state index in [-0.39, 0.29) is 0 Å². The van der Waals surface area contributed by atoms with Gasteiger partial charge in [-0.05, 0) is 30.7 Å². The summed E-state index contributed by atoms with van der Waals surface area (Å²) >= 11 is 0. The number of ether oxygens (including phenoxy) is 4. The van der Waals surface area contributed by atoms with Gasteiger partial charge in [0.2, 0.25) is 6.79 Å². The van der Waals surface area contributed by atoms with Gasteiger partial charge in [0.15, 0.2) is 11.5 Å². The number of rotatable bonds is 5. The highest BCUT2D eigenvalue weighted by Gasteiger charge is 2.33. The zero-order chi connectivity index (χ0) is 17.1. The molecule has 0 spiro atoms. The van der Waals surface area contributed by atoms with Gasteiger partial charge in [-0.3, -0.25) is 9.80 Å². The Kier molecular flexibility index (Phi) is 5.41. The van der Waals surface area contributed by atoms with E-state index in [0.717, 1.165) is 64.0 Å². The third kappa shape index (κ3) is 4.08. The lowest BCUT2D eigenvalue weighted by Crippen LogP contribution is -2.46. The van der Waals surface area contributed by atoms with E-state index in [0.29, 0.717) is 18.8 Å². The van der Waals surface area contributed by atoms with Crippen LogP contribution in [0.4, 0.5) is 0 Å². The van der Waals surface area contributed by atoms with Crippen LogP contribution in [-0.2, 0) is 16.0 Å². The number of hydrogen-bond donors (Lipinski definition) is 0. The van der Waals surface area contributed by atoms with Crippen molar-refractivity contribution in [2.75, 3.05) is 59.8 Å². The van der Waals surface area contributed by atoms with Crippen molar-refractivity contribution >= 4 is 0 Å². The normalized spacial score (nSPS) is 27.1. The molecule has 25 heavy (non-hydrogen) atoms. The van der Waals surface area contributed by atoms with Gasteiger partial charge in [-0.25, -0.2) is 0 Å². The summed E-state index contributed by atoms with van der Waals surface area (Å²) in [5, 5.41) is 0. The van der Waals surface area contributed by atoms with E-state index in [1.165, 1.54) is 12.0 Å². The average molecular weight is 348 g/mol. The predicted octanol–water partition coefficient (Wildman–Crippen LogP) is 1.58. The Morgan fingerprint density at radius 1 is 1.12 bits per heavy atom. The molecule has 0 amide bonds. The minimum absolute atomic E-state index is 0.333. The summed E-state index contributed by atoms with van der Waals surface area (Å²) in [5.74, 6) is 2.35. The molecule has 0 N–H and O–H groups in total. The minimum atomic E-state index is 0.333. The van der Waals surface area contributed by atoms with Crippen LogP contribution in [-0.4, -0.2) is 75.7 Å². The van der Waals surface area contributed by atoms with Gasteiger partial charge >= 0.3 is 0 Å². The first kappa shape index (κ1) is 17.1. The quantitative estimate of drug-likeness (QED) is 0.805. The average Bonchev–Trinajstić information content (AvgIpc) is 2.99. The molecule has 6 nitrogen and oxygen atoms in total. The van der Waals surface area contributed by atoms with Crippen LogP contribution in [0, 0.1) is 5.92 Å². The van der Waals surface area contributed by atoms with Crippen LogP contribution >= 0.6 is 0 Å². The maximum atomic E-state index is 6.19. The summed E-state index contributed by atoms with van der Waals surface area (Å²) in [6.07, 6.45) is 1.54. The second-order valence-electron chi connectivity index (χ2n) is 7.17. The Labute approximate surface area is 149 Å². The van der Waals surface area contributed by atoms with E-state index in [9.17, 15) is 0 Å². The van der Waals surface area contributed by atoms with Crippen LogP contribution in [0.15, 0.2) is 18.2 Å². The fourth-order valence-corrected chi connectivity index (χ4v) is 4.05. The number of benzene rings is 1. The molecule has 0 aromatic heterocycles. The topological polar surface area (TPSA) is 43.4 Å². The van der Waals surface area contributed by atoms with Crippen molar-refractivity contribution in [3.63, 3.8) is 0 Å². The van der Waals surface area contributed by atoms with Crippen LogP contribution in [0.5, 0.6) is 11.5 Å². The fraction of sp³-hybridized carbons (Fsp3) is 0.684. The number of nitrogens with zero attached hydrogens (tertiary/aromatic N) is 2. The Bertz CT molecular complexity index is 583. The first-order valence-electron chi connectivity index (χ1n) is 9.25. The van der Waals surface area contributed by atoms with Crippen LogP contribution < -0.4 is 9.47 Å². The molecular weight excluding hydrogens is 320 g/mol. The van der Waals surface area contributed by atoms with Gasteiger partial charge in [0.25, 0.3) is 0 Å². The fourth-order valence-electron chi connectivity index (χ4n) is 4.05. The van der Waals surface area contributed by atoms with Crippen molar-refractivity contribution in [2.45, 2.75) is 19.1 Å². The van der Waals surface area contributed by atoms with E-state index >= 15 is 0 Å². The number of likely N-dealkylation sites (tertiary alicyclic amines) is 1. The van der Waals surface area contributed by atoms with Crippen molar-refractivity contribution < 1.29 is 18.9 Å². The smallest absolute Gasteiger partial charge is 0.231 e. The molecule has 3 heterocycles. The van der Waals surface area contributed by atoms with Crippen LogP contribution in [0.3, 0.4) is 0 Å². The van der Waals surface area contributed by atoms with Gasteiger partial charge in [-0.1, -0.05) is 6.07 Å². The molecule has 0 saturated carbocycles. The Balaban J connectivity index is 1.33. The summed E-state index contributed by atoms with van der Waals surface area (Å²) in [4.78, 5) is 4.99. The van der Waals surface area contributed by atoms with Crippen molar-refractivity contribution in [1.29, 1.82) is 0 Å². The molecule has 2 saturated heterocycles. The molecule has 0 unspecified atom stereocenters. The molecule has 2 atom stereocenters. The van der Waals surface area contributed by atoms with Gasteiger partial charge in [-0.15, -0.1) is 0 Å². The van der Waals surface area contributed by atoms with Crippen molar-refractivity contribution in [1.82, 2.24) is 9.80 Å². The summed E-state index contributed by atoms with van der Waals surface area (Å²) in [6.45, 7) is 8.18. The third-order valence-electron chi connectivity index (χ3n) is 5.47. The van der Waals surface area contributed by atoms with Gasteiger partial charge in [0.05, 0.1) is 19.3 Å². The lowest BCUT2D eigenvalue weighted by atomic mass is 9.93. The number of piperidine rings is 1. The predicted molar refractivity (Wildman–Crippen MR) is 94.0 cm³/mol. The lowest BCUT2D eigenvalue weighted by Gasteiger charge is -2.38. The van der Waals surface area contributed by atoms with Crippen molar-refractivity contribution in [2.24, 2.45) is 5.92 Å². The maximum Gasteiger partial charge on any atom is 0.231 e. The molecule has 3 aliphatic heterocycles. The van der Waals surface area contributed by atoms with Gasteiger partial charge in [0, 0.05) is 45.8 Å². The highest BCUT2D eigenvalue weighted by atomic mass is 16.7. The molecule has 1 aromatic carbocycles. The van der Waals surface area contributed by atoms with E-state index in [1.54, 1.807) is 7.11 Å². The van der Waals surface area contributed by atoms with Crippen LogP contribution in [0.2, 0.25) is 0 Å². The molecule has 0 radical (unpaired) electrons. The number of methoxy groups -OCH3 is 1. The van der Waals surface area contributed by atoms with E-state index in [4.69, 9.17) is 18.9 Å². The molecule has 6 heteroatoms. The van der Waals surface area contributed by atoms with Crippen molar-refractivity contribution in [3.05, 3.63) is 23.8 Å². The molecule has 2 fully saturated rings. The van der Waals surface area contributed by atoms with E-state index in [2.05, 4.69) is 21.9 Å². The Morgan fingerprint density at radius 2 is 2.04 bits per heavy atom. The second kappa shape index (κ2) is 7.91. The molecule has 1 aromatic rings. The summed E-state index contributed by atoms with van der Waals surface area (Å²) < 4.78 is 22.3. The van der Waals surface area contributed by atoms with Gasteiger partial charge < -0.3 is 18.9 Å². The SMILES string of the molecule is COCCN1CCO[C@H]2CN(Cc3ccc4c(c3)OCO4)CC[C@H]2C1. The molecule has 0 aliphatic carbocycles. The highest BCUT2D eigenvalue weighted by molar-refractivity contribution is 5.44. The number of hydrogen-bond acceptors (Lipinski definition) is 6. The maximum absolute atomic E-state index is 6.19. The Morgan fingerprint density at radius 3 is 2.96 bits per heavy atom. The molecule has 0 bridgehead atoms. The first-order chi connectivity index (χ1) is 12.3. The summed E-state index contributed by atoms with van der Waals surface area (Å²) in [5.41, 5.74) is 1.28. The molecule has 3 aliphatic rings. The van der Waals surface area contributed by atoms with Crippen LogP contribution in [0.1, 0.15) is 12.0 Å². The number of fused-ring (bicyclic) bond motifs is 2. The largest absolute Gasteiger partial charge is 0.454 e. The van der Waals surface area contributed by atoms with E-state index in [1.807, 2.05) is 6.07 Å². The van der Waals surface area contributed by atoms with Gasteiger partial charge in [-0.2, -0.15) is 0 Å². The summed E-state index contributed by atoms with van der Waals surface area (Å²) in [7, 11) is 1.77.